The predicted octanol–water partition coefficient (Wildman–Crippen LogP) is 1.36. The normalized spacial score (nSPS) is 19.0. The molecular formula is C16H20N4O3S2. The summed E-state index contributed by atoms with van der Waals surface area (Å²) < 4.78 is 24.9. The van der Waals surface area contributed by atoms with E-state index in [9.17, 15) is 13.2 Å². The van der Waals surface area contributed by atoms with Gasteiger partial charge in [-0.15, -0.1) is 10.2 Å². The van der Waals surface area contributed by atoms with Gasteiger partial charge in [0.2, 0.25) is 5.91 Å². The van der Waals surface area contributed by atoms with Crippen molar-refractivity contribution in [3.05, 3.63) is 30.3 Å². The predicted molar refractivity (Wildman–Crippen MR) is 97.1 cm³/mol. The Morgan fingerprint density at radius 1 is 1.32 bits per heavy atom. The molecule has 9 heteroatoms. The number of benzene rings is 1. The van der Waals surface area contributed by atoms with E-state index in [1.165, 1.54) is 11.8 Å². The van der Waals surface area contributed by atoms with Gasteiger partial charge in [0.05, 0.1) is 17.3 Å². The lowest BCUT2D eigenvalue weighted by Gasteiger charge is -2.11. The highest BCUT2D eigenvalue weighted by molar-refractivity contribution is 7.99. The van der Waals surface area contributed by atoms with Crippen LogP contribution >= 0.6 is 11.8 Å². The van der Waals surface area contributed by atoms with Gasteiger partial charge in [-0.1, -0.05) is 42.1 Å². The summed E-state index contributed by atoms with van der Waals surface area (Å²) >= 11 is 1.31. The minimum atomic E-state index is -2.99. The number of carbonyl (C=O) groups is 1. The zero-order valence-corrected chi connectivity index (χ0v) is 15.5. The summed E-state index contributed by atoms with van der Waals surface area (Å²) in [7, 11) is -2.99. The molecule has 2 aromatic rings. The molecule has 3 rings (SSSR count). The fourth-order valence-corrected chi connectivity index (χ4v) is 5.28. The second-order valence-corrected chi connectivity index (χ2v) is 9.04. The summed E-state index contributed by atoms with van der Waals surface area (Å²) in [6, 6.07) is 9.50. The van der Waals surface area contributed by atoms with Gasteiger partial charge < -0.3 is 9.88 Å². The van der Waals surface area contributed by atoms with Crippen molar-refractivity contribution in [3.63, 3.8) is 0 Å². The fourth-order valence-electron chi connectivity index (χ4n) is 2.79. The molecule has 7 nitrogen and oxygen atoms in total. The van der Waals surface area contributed by atoms with Crippen LogP contribution in [0.5, 0.6) is 0 Å². The van der Waals surface area contributed by atoms with Crippen LogP contribution in [0, 0.1) is 0 Å². The number of hydrogen-bond donors (Lipinski definition) is 1. The summed E-state index contributed by atoms with van der Waals surface area (Å²) in [6.07, 6.45) is 0.488. The Kier molecular flexibility index (Phi) is 5.43. The van der Waals surface area contributed by atoms with Gasteiger partial charge in [0.15, 0.2) is 20.8 Å². The lowest BCUT2D eigenvalue weighted by molar-refractivity contribution is -0.119. The van der Waals surface area contributed by atoms with Crippen LogP contribution in [0.2, 0.25) is 0 Å². The van der Waals surface area contributed by atoms with E-state index in [2.05, 4.69) is 15.5 Å². The smallest absolute Gasteiger partial charge is 0.230 e. The molecule has 1 N–H and O–H groups in total. The number of sulfone groups is 1. The molecule has 25 heavy (non-hydrogen) atoms. The third kappa shape index (κ3) is 4.40. The molecule has 1 fully saturated rings. The second-order valence-electron chi connectivity index (χ2n) is 5.87. The number of thioether (sulfide) groups is 1. The third-order valence-corrected chi connectivity index (χ3v) is 6.73. The van der Waals surface area contributed by atoms with Gasteiger partial charge in [0.1, 0.15) is 0 Å². The van der Waals surface area contributed by atoms with E-state index < -0.39 is 9.84 Å². The summed E-state index contributed by atoms with van der Waals surface area (Å²) in [5.74, 6) is 0.957. The molecule has 0 aliphatic carbocycles. The van der Waals surface area contributed by atoms with Crippen LogP contribution in [0.25, 0.3) is 11.4 Å². The van der Waals surface area contributed by atoms with Crippen LogP contribution < -0.4 is 5.32 Å². The topological polar surface area (TPSA) is 94.0 Å². The lowest BCUT2D eigenvalue weighted by Crippen LogP contribution is -2.36. The highest BCUT2D eigenvalue weighted by Gasteiger charge is 2.28. The standard InChI is InChI=1S/C16H20N4O3S2/c1-2-20-15(12-6-4-3-5-7-12)18-19-16(20)24-10-14(21)17-13-8-9-25(22,23)11-13/h3-7,13H,2,8-11H2,1H3,(H,17,21)/t13-/m0/s1. The number of nitrogens with one attached hydrogen (secondary N) is 1. The molecule has 1 aliphatic heterocycles. The largest absolute Gasteiger partial charge is 0.352 e. The first-order valence-electron chi connectivity index (χ1n) is 8.09. The Morgan fingerprint density at radius 3 is 2.72 bits per heavy atom. The van der Waals surface area contributed by atoms with Gasteiger partial charge >= 0.3 is 0 Å². The molecule has 1 aromatic heterocycles. The Bertz CT molecular complexity index is 850. The Hall–Kier alpha value is -1.87. The SMILES string of the molecule is CCn1c(SCC(=O)N[C@H]2CCS(=O)(=O)C2)nnc1-c1ccccc1. The molecule has 134 valence electrons. The van der Waals surface area contributed by atoms with Crippen LogP contribution in [0.4, 0.5) is 0 Å². The second kappa shape index (κ2) is 7.57. The molecule has 1 aromatic carbocycles. The zero-order valence-electron chi connectivity index (χ0n) is 13.9. The summed E-state index contributed by atoms with van der Waals surface area (Å²) in [6.45, 7) is 2.70. The lowest BCUT2D eigenvalue weighted by atomic mass is 10.2. The van der Waals surface area contributed by atoms with E-state index in [-0.39, 0.29) is 29.2 Å². The molecule has 1 saturated heterocycles. The Balaban J connectivity index is 1.62. The fraction of sp³-hybridized carbons (Fsp3) is 0.438. The average Bonchev–Trinajstić information content (AvgIpc) is 3.16. The monoisotopic (exact) mass is 380 g/mol. The maximum absolute atomic E-state index is 12.1. The van der Waals surface area contributed by atoms with Gasteiger partial charge in [-0.3, -0.25) is 4.79 Å². The first-order valence-corrected chi connectivity index (χ1v) is 10.9. The van der Waals surface area contributed by atoms with Crippen LogP contribution in [0.15, 0.2) is 35.5 Å². The molecule has 0 unspecified atom stereocenters. The van der Waals surface area contributed by atoms with Crippen molar-refractivity contribution in [1.82, 2.24) is 20.1 Å². The number of hydrogen-bond acceptors (Lipinski definition) is 6. The molecule has 0 radical (unpaired) electrons. The van der Waals surface area contributed by atoms with Crippen LogP contribution in [0.3, 0.4) is 0 Å². The quantitative estimate of drug-likeness (QED) is 0.761. The molecule has 0 bridgehead atoms. The molecule has 2 heterocycles. The minimum absolute atomic E-state index is 0.0344. The van der Waals surface area contributed by atoms with Gasteiger partial charge in [-0.2, -0.15) is 0 Å². The van der Waals surface area contributed by atoms with Crippen molar-refractivity contribution in [2.75, 3.05) is 17.3 Å². The minimum Gasteiger partial charge on any atom is -0.352 e. The van der Waals surface area contributed by atoms with Gasteiger partial charge in [0, 0.05) is 18.2 Å². The van der Waals surface area contributed by atoms with E-state index in [1.807, 2.05) is 41.8 Å². The van der Waals surface area contributed by atoms with Gasteiger partial charge in [-0.25, -0.2) is 8.42 Å². The van der Waals surface area contributed by atoms with Crippen molar-refractivity contribution in [3.8, 4) is 11.4 Å². The van der Waals surface area contributed by atoms with Crippen LogP contribution in [-0.4, -0.2) is 52.4 Å². The third-order valence-electron chi connectivity index (χ3n) is 3.99. The summed E-state index contributed by atoms with van der Waals surface area (Å²) in [5.41, 5.74) is 0.976. The first-order chi connectivity index (χ1) is 12.0. The van der Waals surface area contributed by atoms with Gasteiger partial charge in [-0.05, 0) is 13.3 Å². The molecule has 0 saturated carbocycles. The Labute approximate surface area is 151 Å². The number of carbonyl (C=O) groups excluding carboxylic acids is 1. The average molecular weight is 380 g/mol. The maximum atomic E-state index is 12.1. The maximum Gasteiger partial charge on any atom is 0.230 e. The van der Waals surface area contributed by atoms with Gasteiger partial charge in [0.25, 0.3) is 0 Å². The van der Waals surface area contributed by atoms with Crippen molar-refractivity contribution in [2.24, 2.45) is 0 Å². The first kappa shape index (κ1) is 17.9. The summed E-state index contributed by atoms with van der Waals surface area (Å²) in [5, 5.41) is 11.9. The van der Waals surface area contributed by atoms with Crippen molar-refractivity contribution < 1.29 is 13.2 Å². The molecule has 1 aliphatic rings. The molecule has 1 amide bonds. The van der Waals surface area contributed by atoms with E-state index in [1.54, 1.807) is 0 Å². The van der Waals surface area contributed by atoms with Crippen molar-refractivity contribution >= 4 is 27.5 Å². The molecule has 0 spiro atoms. The van der Waals surface area contributed by atoms with E-state index in [4.69, 9.17) is 0 Å². The molecular weight excluding hydrogens is 360 g/mol. The summed E-state index contributed by atoms with van der Waals surface area (Å²) in [4.78, 5) is 12.1. The zero-order chi connectivity index (χ0) is 17.9. The van der Waals surface area contributed by atoms with Crippen LogP contribution in [-0.2, 0) is 21.2 Å². The van der Waals surface area contributed by atoms with E-state index in [0.717, 1.165) is 11.4 Å². The van der Waals surface area contributed by atoms with Crippen molar-refractivity contribution in [2.45, 2.75) is 31.1 Å². The number of rotatable bonds is 6. The Morgan fingerprint density at radius 2 is 2.08 bits per heavy atom. The molecule has 1 atom stereocenters. The number of nitrogens with zero attached hydrogens (tertiary/aromatic N) is 3. The number of aromatic nitrogens is 3. The van der Waals surface area contributed by atoms with Crippen LogP contribution in [0.1, 0.15) is 13.3 Å². The van der Waals surface area contributed by atoms with E-state index >= 15 is 0 Å². The van der Waals surface area contributed by atoms with E-state index in [0.29, 0.717) is 18.1 Å². The highest BCUT2D eigenvalue weighted by atomic mass is 32.2. The number of amides is 1. The van der Waals surface area contributed by atoms with Crippen molar-refractivity contribution in [1.29, 1.82) is 0 Å². The highest BCUT2D eigenvalue weighted by Crippen LogP contribution is 2.23.